The molecule has 0 spiro atoms. The van der Waals surface area contributed by atoms with Gasteiger partial charge in [-0.1, -0.05) is 37.3 Å². The molecule has 0 bridgehead atoms. The predicted molar refractivity (Wildman–Crippen MR) is 140 cm³/mol. The minimum Gasteiger partial charge on any atom is -0.497 e. The predicted octanol–water partition coefficient (Wildman–Crippen LogP) is 5.43. The number of nitrogens with zero attached hydrogens (tertiary/aromatic N) is 1. The Bertz CT molecular complexity index is 965. The van der Waals surface area contributed by atoms with Crippen molar-refractivity contribution in [3.63, 3.8) is 0 Å². The Morgan fingerprint density at radius 1 is 0.971 bits per heavy atom. The number of benzene rings is 2. The molecule has 3 rings (SSSR count). The molecule has 0 amide bonds. The van der Waals surface area contributed by atoms with Gasteiger partial charge in [0.1, 0.15) is 11.5 Å². The second kappa shape index (κ2) is 13.1. The van der Waals surface area contributed by atoms with Gasteiger partial charge in [-0.3, -0.25) is 0 Å². The molecule has 1 aliphatic rings. The van der Waals surface area contributed by atoms with E-state index in [4.69, 9.17) is 14.2 Å². The van der Waals surface area contributed by atoms with Crippen molar-refractivity contribution in [3.8, 4) is 11.5 Å². The Hall–Kier alpha value is -2.35. The number of hydrogen-bond acceptors (Lipinski definition) is 5. The summed E-state index contributed by atoms with van der Waals surface area (Å²) >= 11 is 0. The maximum atomic E-state index is 14.3. The molecule has 0 aromatic heterocycles. The molecule has 2 aromatic carbocycles. The van der Waals surface area contributed by atoms with Gasteiger partial charge >= 0.3 is 0 Å². The van der Waals surface area contributed by atoms with E-state index in [1.807, 2.05) is 61.5 Å². The van der Waals surface area contributed by atoms with Crippen LogP contribution < -0.4 is 9.47 Å². The lowest BCUT2D eigenvalue weighted by Gasteiger charge is -2.34. The first kappa shape index (κ1) is 27.2. The molecule has 1 fully saturated rings. The number of sulfonamides is 1. The Kier molecular flexibility index (Phi) is 10.2. The van der Waals surface area contributed by atoms with Gasteiger partial charge in [-0.25, -0.2) is 8.42 Å². The van der Waals surface area contributed by atoms with E-state index in [-0.39, 0.29) is 5.92 Å². The van der Waals surface area contributed by atoms with Gasteiger partial charge in [0, 0.05) is 26.3 Å². The van der Waals surface area contributed by atoms with Gasteiger partial charge in [0.25, 0.3) is 0 Å². The van der Waals surface area contributed by atoms with E-state index >= 15 is 0 Å². The maximum Gasteiger partial charge on any atom is 0.217 e. The number of methoxy groups -OCH3 is 2. The average Bonchev–Trinajstić information content (AvgIpc) is 2.88. The van der Waals surface area contributed by atoms with Crippen molar-refractivity contribution in [2.45, 2.75) is 50.9 Å². The van der Waals surface area contributed by atoms with Gasteiger partial charge in [-0.15, -0.1) is 6.58 Å². The van der Waals surface area contributed by atoms with Gasteiger partial charge in [-0.2, -0.15) is 4.31 Å². The van der Waals surface area contributed by atoms with Crippen LogP contribution in [-0.4, -0.2) is 45.4 Å². The van der Waals surface area contributed by atoms with E-state index in [2.05, 4.69) is 6.58 Å². The average molecular weight is 502 g/mol. The molecule has 2 aromatic rings. The van der Waals surface area contributed by atoms with Crippen LogP contribution in [0.5, 0.6) is 11.5 Å². The van der Waals surface area contributed by atoms with Crippen LogP contribution in [0.3, 0.4) is 0 Å². The van der Waals surface area contributed by atoms with E-state index in [9.17, 15) is 8.42 Å². The number of allylic oxidation sites excluding steroid dienone is 1. The van der Waals surface area contributed by atoms with Gasteiger partial charge in [-0.05, 0) is 72.9 Å². The molecular weight excluding hydrogens is 462 g/mol. The summed E-state index contributed by atoms with van der Waals surface area (Å²) in [5, 5.41) is -0.486. The van der Waals surface area contributed by atoms with E-state index < -0.39 is 15.3 Å². The molecule has 1 unspecified atom stereocenters. The number of rotatable bonds is 13. The lowest BCUT2D eigenvalue weighted by molar-refractivity contribution is 0.0622. The zero-order chi connectivity index (χ0) is 25.3. The van der Waals surface area contributed by atoms with Crippen molar-refractivity contribution in [1.82, 2.24) is 4.31 Å². The van der Waals surface area contributed by atoms with Crippen molar-refractivity contribution in [3.05, 3.63) is 72.3 Å². The monoisotopic (exact) mass is 501 g/mol. The van der Waals surface area contributed by atoms with Crippen LogP contribution in [0.2, 0.25) is 0 Å². The highest BCUT2D eigenvalue weighted by Crippen LogP contribution is 2.32. The Balaban J connectivity index is 1.93. The van der Waals surface area contributed by atoms with Crippen LogP contribution in [0.1, 0.15) is 43.7 Å². The molecule has 0 radical (unpaired) electrons. The van der Waals surface area contributed by atoms with Crippen LogP contribution in [0.15, 0.2) is 61.2 Å². The third-order valence-electron chi connectivity index (χ3n) is 6.86. The maximum absolute atomic E-state index is 14.3. The summed E-state index contributed by atoms with van der Waals surface area (Å²) in [7, 11) is -0.385. The molecular formula is C28H39NO5S. The molecule has 1 heterocycles. The van der Waals surface area contributed by atoms with Crippen LogP contribution >= 0.6 is 0 Å². The van der Waals surface area contributed by atoms with Crippen LogP contribution in [0, 0.1) is 11.8 Å². The largest absolute Gasteiger partial charge is 0.497 e. The first-order valence-electron chi connectivity index (χ1n) is 12.3. The third kappa shape index (κ3) is 7.56. The molecule has 7 heteroatoms. The fourth-order valence-corrected chi connectivity index (χ4v) is 6.92. The smallest absolute Gasteiger partial charge is 0.217 e. The lowest BCUT2D eigenvalue weighted by Crippen LogP contribution is -2.42. The Morgan fingerprint density at radius 3 is 1.89 bits per heavy atom. The first-order chi connectivity index (χ1) is 16.9. The van der Waals surface area contributed by atoms with Crippen molar-refractivity contribution < 1.29 is 22.6 Å². The Labute approximate surface area is 210 Å². The van der Waals surface area contributed by atoms with Crippen molar-refractivity contribution in [2.75, 3.05) is 27.4 Å². The summed E-state index contributed by atoms with van der Waals surface area (Å²) in [6, 6.07) is 15.2. The van der Waals surface area contributed by atoms with E-state index in [1.165, 1.54) is 0 Å². The molecule has 35 heavy (non-hydrogen) atoms. The second-order valence-corrected chi connectivity index (χ2v) is 11.5. The minimum atomic E-state index is -3.63. The van der Waals surface area contributed by atoms with Gasteiger partial charge in [0.2, 0.25) is 10.0 Å². The van der Waals surface area contributed by atoms with Crippen molar-refractivity contribution >= 4 is 10.0 Å². The molecule has 1 aliphatic heterocycles. The van der Waals surface area contributed by atoms with Crippen molar-refractivity contribution in [2.24, 2.45) is 11.8 Å². The summed E-state index contributed by atoms with van der Waals surface area (Å²) in [6.07, 6.45) is 4.94. The first-order valence-corrected chi connectivity index (χ1v) is 13.8. The fourth-order valence-electron chi connectivity index (χ4n) is 4.67. The normalized spacial score (nSPS) is 16.6. The zero-order valence-corrected chi connectivity index (χ0v) is 22.0. The number of ether oxygens (including phenoxy) is 3. The molecule has 0 aliphatic carbocycles. The lowest BCUT2D eigenvalue weighted by atomic mass is 9.89. The quantitative estimate of drug-likeness (QED) is 0.342. The molecule has 2 atom stereocenters. The van der Waals surface area contributed by atoms with Crippen molar-refractivity contribution in [1.29, 1.82) is 0 Å². The Morgan fingerprint density at radius 2 is 1.46 bits per heavy atom. The summed E-state index contributed by atoms with van der Waals surface area (Å²) in [5.41, 5.74) is 1.84. The highest BCUT2D eigenvalue weighted by molar-refractivity contribution is 7.89. The summed E-state index contributed by atoms with van der Waals surface area (Å²) in [4.78, 5) is 0. The summed E-state index contributed by atoms with van der Waals surface area (Å²) in [5.74, 6) is 1.81. The van der Waals surface area contributed by atoms with E-state index in [0.717, 1.165) is 35.5 Å². The summed E-state index contributed by atoms with van der Waals surface area (Å²) in [6.45, 7) is 7.90. The summed E-state index contributed by atoms with van der Waals surface area (Å²) < 4.78 is 46.3. The SMILES string of the molecule is C=CCC(C)[C@@H](CC1CCOCC1)S(=O)(=O)N(Cc1ccc(OC)cc1)Cc1ccc(OC)cc1. The van der Waals surface area contributed by atoms with E-state index in [0.29, 0.717) is 45.1 Å². The minimum absolute atomic E-state index is 0.0328. The molecule has 192 valence electrons. The molecule has 0 N–H and O–H groups in total. The van der Waals surface area contributed by atoms with Gasteiger partial charge < -0.3 is 14.2 Å². The molecule has 1 saturated heterocycles. The highest BCUT2D eigenvalue weighted by Gasteiger charge is 2.37. The third-order valence-corrected chi connectivity index (χ3v) is 9.26. The van der Waals surface area contributed by atoms with Gasteiger partial charge in [0.15, 0.2) is 0 Å². The zero-order valence-electron chi connectivity index (χ0n) is 21.2. The van der Waals surface area contributed by atoms with Crippen LogP contribution in [0.4, 0.5) is 0 Å². The molecule has 0 saturated carbocycles. The van der Waals surface area contributed by atoms with Crippen LogP contribution in [0.25, 0.3) is 0 Å². The van der Waals surface area contributed by atoms with Crippen LogP contribution in [-0.2, 0) is 27.8 Å². The fraction of sp³-hybridized carbons (Fsp3) is 0.500. The highest BCUT2D eigenvalue weighted by atomic mass is 32.2. The number of hydrogen-bond donors (Lipinski definition) is 0. The topological polar surface area (TPSA) is 65.1 Å². The second-order valence-electron chi connectivity index (χ2n) is 9.34. The standard InChI is InChI=1S/C28H39NO5S/c1-5-6-22(2)28(19-23-15-17-34-18-16-23)35(30,31)29(20-24-7-11-26(32-3)12-8-24)21-25-9-13-27(33-4)14-10-25/h5,7-14,22-23,28H,1,6,15-21H2,2-4H3/t22?,28-/m1/s1. The van der Waals surface area contributed by atoms with E-state index in [1.54, 1.807) is 18.5 Å². The van der Waals surface area contributed by atoms with Gasteiger partial charge in [0.05, 0.1) is 19.5 Å². The molecule has 6 nitrogen and oxygen atoms in total.